The maximum Gasteiger partial charge on any atom is 0.0322 e. The molecule has 0 heterocycles. The maximum atomic E-state index is 4.48. The molecule has 1 aromatic rings. The van der Waals surface area contributed by atoms with E-state index in [2.05, 4.69) is 88.9 Å². The van der Waals surface area contributed by atoms with Crippen LogP contribution in [0.2, 0.25) is 0 Å². The number of hydrogen-bond donors (Lipinski definition) is 1. The van der Waals surface area contributed by atoms with Crippen molar-refractivity contribution < 1.29 is 0 Å². The molecule has 144 valence electrons. The molecule has 0 fully saturated rings. The van der Waals surface area contributed by atoms with Gasteiger partial charge in [-0.25, -0.2) is 0 Å². The van der Waals surface area contributed by atoms with Gasteiger partial charge in [-0.15, -0.1) is 0 Å². The third-order valence-electron chi connectivity index (χ3n) is 3.05. The molecule has 1 heteroatoms. The Balaban J connectivity index is -0.000000324. The van der Waals surface area contributed by atoms with Crippen LogP contribution in [0.1, 0.15) is 79.9 Å². The normalized spacial score (nSPS) is 11.1. The van der Waals surface area contributed by atoms with Crippen molar-refractivity contribution in [3.8, 4) is 0 Å². The predicted octanol–water partition coefficient (Wildman–Crippen LogP) is 8.69. The van der Waals surface area contributed by atoms with Crippen molar-refractivity contribution in [1.82, 2.24) is 0 Å². The van der Waals surface area contributed by atoms with Crippen LogP contribution in [0.4, 0.5) is 0 Å². The van der Waals surface area contributed by atoms with Gasteiger partial charge < -0.3 is 0 Å². The van der Waals surface area contributed by atoms with Gasteiger partial charge in [0.05, 0.1) is 0 Å². The van der Waals surface area contributed by atoms with Gasteiger partial charge in [-0.1, -0.05) is 94.8 Å². The van der Waals surface area contributed by atoms with Gasteiger partial charge in [-0.05, 0) is 52.2 Å². The van der Waals surface area contributed by atoms with Gasteiger partial charge in [-0.2, -0.15) is 12.6 Å². The predicted molar refractivity (Wildman–Crippen MR) is 124 cm³/mol. The number of rotatable bonds is 4. The minimum Gasteiger partial charge on any atom is -0.168 e. The van der Waals surface area contributed by atoms with Crippen LogP contribution in [-0.2, 0) is 4.75 Å². The van der Waals surface area contributed by atoms with Crippen LogP contribution in [0.15, 0.2) is 60.2 Å². The van der Waals surface area contributed by atoms with E-state index in [1.807, 2.05) is 47.6 Å². The monoisotopic (exact) mass is 362 g/mol. The Bertz CT molecular complexity index is 468. The molecule has 1 rings (SSSR count). The van der Waals surface area contributed by atoms with Gasteiger partial charge in [0.15, 0.2) is 0 Å². The van der Waals surface area contributed by atoms with Crippen LogP contribution in [0, 0.1) is 6.92 Å². The summed E-state index contributed by atoms with van der Waals surface area (Å²) >= 11 is 4.48. The van der Waals surface area contributed by atoms with Gasteiger partial charge in [-0.3, -0.25) is 0 Å². The van der Waals surface area contributed by atoms with Gasteiger partial charge in [0.2, 0.25) is 0 Å². The summed E-state index contributed by atoms with van der Waals surface area (Å²) in [4.78, 5) is 0. The molecule has 0 atom stereocenters. The van der Waals surface area contributed by atoms with Crippen LogP contribution in [0.25, 0.3) is 0 Å². The molecule has 0 aliphatic heterocycles. The summed E-state index contributed by atoms with van der Waals surface area (Å²) in [6.45, 7) is 20.5. The van der Waals surface area contributed by atoms with Gasteiger partial charge in [0.1, 0.15) is 0 Å². The molecule has 0 bridgehead atoms. The number of aryl methyl sites for hydroxylation is 1. The average Bonchev–Trinajstić information content (AvgIpc) is 2.62. The summed E-state index contributed by atoms with van der Waals surface area (Å²) in [7, 11) is 0. The van der Waals surface area contributed by atoms with Crippen LogP contribution in [-0.4, -0.2) is 0 Å². The van der Waals surface area contributed by atoms with Crippen LogP contribution in [0.3, 0.4) is 0 Å². The van der Waals surface area contributed by atoms with Crippen molar-refractivity contribution in [3.63, 3.8) is 0 Å². The molecule has 0 aliphatic carbocycles. The van der Waals surface area contributed by atoms with E-state index in [0.717, 1.165) is 6.42 Å². The first-order valence-electron chi connectivity index (χ1n) is 9.59. The van der Waals surface area contributed by atoms with Crippen LogP contribution < -0.4 is 0 Å². The summed E-state index contributed by atoms with van der Waals surface area (Å²) in [5.41, 5.74) is 3.94. The SMILES string of the molecule is CC.CC.C\C=C/C=C(\C=C/C)CC.Cc1ccc(C(C)(C)S)cc1. The van der Waals surface area contributed by atoms with Gasteiger partial charge in [0.25, 0.3) is 0 Å². The van der Waals surface area contributed by atoms with Crippen molar-refractivity contribution >= 4 is 12.6 Å². The van der Waals surface area contributed by atoms with E-state index in [1.165, 1.54) is 16.7 Å². The lowest BCUT2D eigenvalue weighted by atomic mass is 10.0. The second-order valence-electron chi connectivity index (χ2n) is 5.55. The van der Waals surface area contributed by atoms with E-state index in [9.17, 15) is 0 Å². The standard InChI is InChI=1S/C10H14S.C10H16.2C2H6/c1-8-4-6-9(7-5-8)10(2,3)11;1-4-7-9-10(6-3)8-5-2;2*1-2/h4-7,11H,1-3H3;4-5,7-9H,6H2,1-3H3;2*1-2H3/b;7-4-,8-5-,10-9-;;. The molecule has 0 saturated carbocycles. The van der Waals surface area contributed by atoms with E-state index in [-0.39, 0.29) is 4.75 Å². The topological polar surface area (TPSA) is 0 Å². The molecular formula is C24H42S. The zero-order chi connectivity index (χ0) is 20.3. The highest BCUT2D eigenvalue weighted by Crippen LogP contribution is 2.26. The van der Waals surface area contributed by atoms with Gasteiger partial charge >= 0.3 is 0 Å². The lowest BCUT2D eigenvalue weighted by Gasteiger charge is -2.17. The van der Waals surface area contributed by atoms with Crippen molar-refractivity contribution in [1.29, 1.82) is 0 Å². The number of thiol groups is 1. The van der Waals surface area contributed by atoms with E-state index in [1.54, 1.807) is 0 Å². The van der Waals surface area contributed by atoms with Crippen molar-refractivity contribution in [2.24, 2.45) is 0 Å². The second-order valence-corrected chi connectivity index (χ2v) is 6.66. The molecule has 0 aliphatic rings. The number of hydrogen-bond acceptors (Lipinski definition) is 1. The average molecular weight is 363 g/mol. The summed E-state index contributed by atoms with van der Waals surface area (Å²) < 4.78 is -0.0201. The fourth-order valence-electron chi connectivity index (χ4n) is 1.69. The Labute approximate surface area is 164 Å². The highest BCUT2D eigenvalue weighted by Gasteiger charge is 2.13. The van der Waals surface area contributed by atoms with Crippen LogP contribution in [0.5, 0.6) is 0 Å². The Morgan fingerprint density at radius 1 is 0.960 bits per heavy atom. The largest absolute Gasteiger partial charge is 0.168 e. The Morgan fingerprint density at radius 3 is 1.76 bits per heavy atom. The Kier molecular flexibility index (Phi) is 21.9. The van der Waals surface area contributed by atoms with E-state index >= 15 is 0 Å². The summed E-state index contributed by atoms with van der Waals surface area (Å²) in [5, 5.41) is 0. The number of allylic oxidation sites excluding steroid dienone is 6. The molecule has 0 spiro atoms. The van der Waals surface area contributed by atoms with Crippen molar-refractivity contribution in [2.45, 2.75) is 80.4 Å². The summed E-state index contributed by atoms with van der Waals surface area (Å²) in [6, 6.07) is 8.49. The quantitative estimate of drug-likeness (QED) is 0.402. The molecular weight excluding hydrogens is 320 g/mol. The second kappa shape index (κ2) is 19.1. The molecule has 0 N–H and O–H groups in total. The van der Waals surface area contributed by atoms with E-state index in [4.69, 9.17) is 0 Å². The fraction of sp³-hybridized carbons (Fsp3) is 0.500. The summed E-state index contributed by atoms with van der Waals surface area (Å²) in [5.74, 6) is 0. The third kappa shape index (κ3) is 17.4. The maximum absolute atomic E-state index is 4.48. The molecule has 25 heavy (non-hydrogen) atoms. The Hall–Kier alpha value is -1.21. The first kappa shape index (κ1) is 28.6. The first-order valence-corrected chi connectivity index (χ1v) is 10.0. The minimum atomic E-state index is -0.0201. The molecule has 0 saturated heterocycles. The van der Waals surface area contributed by atoms with Gasteiger partial charge in [0, 0.05) is 4.75 Å². The van der Waals surface area contributed by atoms with E-state index < -0.39 is 0 Å². The minimum absolute atomic E-state index is 0.0201. The lowest BCUT2D eigenvalue weighted by molar-refractivity contribution is 0.791. The highest BCUT2D eigenvalue weighted by atomic mass is 32.1. The number of benzene rings is 1. The van der Waals surface area contributed by atoms with E-state index in [0.29, 0.717) is 0 Å². The molecule has 0 aromatic heterocycles. The highest BCUT2D eigenvalue weighted by molar-refractivity contribution is 7.81. The fourth-order valence-corrected chi connectivity index (χ4v) is 1.84. The molecule has 0 unspecified atom stereocenters. The first-order chi connectivity index (χ1) is 11.8. The van der Waals surface area contributed by atoms with Crippen LogP contribution >= 0.6 is 12.6 Å². The molecule has 0 nitrogen and oxygen atoms in total. The molecule has 0 amide bonds. The zero-order valence-electron chi connectivity index (χ0n) is 18.4. The zero-order valence-corrected chi connectivity index (χ0v) is 19.2. The third-order valence-corrected chi connectivity index (χ3v) is 3.31. The Morgan fingerprint density at radius 2 is 1.44 bits per heavy atom. The van der Waals surface area contributed by atoms with Crippen molar-refractivity contribution in [2.75, 3.05) is 0 Å². The molecule has 0 radical (unpaired) electrons. The summed E-state index contributed by atoms with van der Waals surface area (Å²) in [6.07, 6.45) is 11.6. The smallest absolute Gasteiger partial charge is 0.0322 e. The molecule has 1 aromatic carbocycles. The lowest BCUT2D eigenvalue weighted by Crippen LogP contribution is -2.06. The van der Waals surface area contributed by atoms with Crippen molar-refractivity contribution in [3.05, 3.63) is 71.3 Å².